The second-order valence-electron chi connectivity index (χ2n) is 2.38. The van der Waals surface area contributed by atoms with Crippen LogP contribution in [0.3, 0.4) is 0 Å². The molecule has 0 aliphatic carbocycles. The van der Waals surface area contributed by atoms with Crippen molar-refractivity contribution in [1.82, 2.24) is 4.90 Å². The highest BCUT2D eigenvalue weighted by Gasteiger charge is 2.26. The van der Waals surface area contributed by atoms with E-state index in [1.807, 2.05) is 4.90 Å². The minimum absolute atomic E-state index is 0.164. The molecular weight excluding hydrogens is 134 g/mol. The Hall–Kier alpha value is -0.180. The number of thiol groups is 1. The summed E-state index contributed by atoms with van der Waals surface area (Å²) in [7, 11) is 0. The largest absolute Gasteiger partial charge is 0.339 e. The third-order valence-electron chi connectivity index (χ3n) is 1.78. The first-order chi connectivity index (χ1) is 4.25. The molecular formula is C6H11NOS. The monoisotopic (exact) mass is 145 g/mol. The van der Waals surface area contributed by atoms with Gasteiger partial charge in [-0.2, -0.15) is 12.6 Å². The molecule has 1 atom stereocenters. The van der Waals surface area contributed by atoms with Gasteiger partial charge in [0.25, 0.3) is 0 Å². The van der Waals surface area contributed by atoms with E-state index >= 15 is 0 Å². The Balaban J connectivity index is 2.35. The summed E-state index contributed by atoms with van der Waals surface area (Å²) in [6, 6.07) is 0.463. The minimum atomic E-state index is 0.164. The molecule has 0 aromatic rings. The quantitative estimate of drug-likeness (QED) is 0.534. The van der Waals surface area contributed by atoms with E-state index < -0.39 is 0 Å². The van der Waals surface area contributed by atoms with Gasteiger partial charge < -0.3 is 4.90 Å². The average Bonchev–Trinajstić information content (AvgIpc) is 1.84. The Labute approximate surface area is 60.6 Å². The molecule has 0 saturated carbocycles. The van der Waals surface area contributed by atoms with Gasteiger partial charge in [0, 0.05) is 12.6 Å². The van der Waals surface area contributed by atoms with Crippen LogP contribution in [0.2, 0.25) is 0 Å². The van der Waals surface area contributed by atoms with E-state index in [9.17, 15) is 4.79 Å². The third-order valence-corrected chi connectivity index (χ3v) is 2.05. The fourth-order valence-electron chi connectivity index (χ4n) is 0.978. The maximum absolute atomic E-state index is 10.9. The van der Waals surface area contributed by atoms with E-state index in [4.69, 9.17) is 0 Å². The van der Waals surface area contributed by atoms with Crippen molar-refractivity contribution in [2.45, 2.75) is 19.4 Å². The first-order valence-electron chi connectivity index (χ1n) is 3.16. The van der Waals surface area contributed by atoms with Crippen LogP contribution in [0.1, 0.15) is 13.3 Å². The average molecular weight is 145 g/mol. The predicted octanol–water partition coefficient (Wildman–Crippen LogP) is 0.537. The lowest BCUT2D eigenvalue weighted by atomic mass is 10.1. The first-order valence-corrected chi connectivity index (χ1v) is 3.79. The van der Waals surface area contributed by atoms with Crippen LogP contribution in [0.15, 0.2) is 0 Å². The Morgan fingerprint density at radius 1 is 1.89 bits per heavy atom. The van der Waals surface area contributed by atoms with Crippen LogP contribution in [0.25, 0.3) is 0 Å². The molecule has 1 amide bonds. The van der Waals surface area contributed by atoms with Crippen molar-refractivity contribution in [3.05, 3.63) is 0 Å². The molecule has 0 N–H and O–H groups in total. The number of rotatable bonds is 1. The van der Waals surface area contributed by atoms with E-state index in [0.717, 1.165) is 13.0 Å². The van der Waals surface area contributed by atoms with Gasteiger partial charge in [0.05, 0.1) is 5.75 Å². The maximum atomic E-state index is 10.9. The van der Waals surface area contributed by atoms with Crippen molar-refractivity contribution in [3.8, 4) is 0 Å². The molecule has 52 valence electrons. The summed E-state index contributed by atoms with van der Waals surface area (Å²) in [6.07, 6.45) is 1.15. The van der Waals surface area contributed by atoms with Gasteiger partial charge in [-0.15, -0.1) is 0 Å². The molecule has 1 aliphatic rings. The lowest BCUT2D eigenvalue weighted by molar-refractivity contribution is -0.135. The molecule has 0 aromatic carbocycles. The zero-order chi connectivity index (χ0) is 6.85. The number of amides is 1. The van der Waals surface area contributed by atoms with E-state index in [1.165, 1.54) is 0 Å². The summed E-state index contributed by atoms with van der Waals surface area (Å²) in [5, 5.41) is 0. The van der Waals surface area contributed by atoms with Crippen molar-refractivity contribution < 1.29 is 4.79 Å². The zero-order valence-electron chi connectivity index (χ0n) is 5.50. The van der Waals surface area contributed by atoms with Gasteiger partial charge >= 0.3 is 0 Å². The summed E-state index contributed by atoms with van der Waals surface area (Å²) < 4.78 is 0. The van der Waals surface area contributed by atoms with E-state index in [2.05, 4.69) is 19.6 Å². The van der Waals surface area contributed by atoms with Crippen LogP contribution in [0, 0.1) is 0 Å². The van der Waals surface area contributed by atoms with Gasteiger partial charge in [0.2, 0.25) is 5.91 Å². The van der Waals surface area contributed by atoms with Crippen LogP contribution in [-0.2, 0) is 4.79 Å². The SMILES string of the molecule is CC1CCN1C(=O)CS. The first kappa shape index (κ1) is 6.93. The molecule has 0 bridgehead atoms. The van der Waals surface area contributed by atoms with Gasteiger partial charge in [0.15, 0.2) is 0 Å². The lowest BCUT2D eigenvalue weighted by Crippen LogP contribution is -2.49. The second-order valence-corrected chi connectivity index (χ2v) is 2.70. The van der Waals surface area contributed by atoms with E-state index in [-0.39, 0.29) is 5.91 Å². The molecule has 1 rings (SSSR count). The summed E-state index contributed by atoms with van der Waals surface area (Å²) in [5.74, 6) is 0.515. The van der Waals surface area contributed by atoms with Crippen LogP contribution < -0.4 is 0 Å². The van der Waals surface area contributed by atoms with Crippen LogP contribution in [-0.4, -0.2) is 29.1 Å². The van der Waals surface area contributed by atoms with Gasteiger partial charge in [-0.05, 0) is 13.3 Å². The van der Waals surface area contributed by atoms with Crippen LogP contribution >= 0.6 is 12.6 Å². The highest BCUT2D eigenvalue weighted by Crippen LogP contribution is 2.15. The maximum Gasteiger partial charge on any atom is 0.232 e. The van der Waals surface area contributed by atoms with Gasteiger partial charge in [-0.25, -0.2) is 0 Å². The number of hydrogen-bond donors (Lipinski definition) is 1. The smallest absolute Gasteiger partial charge is 0.232 e. The van der Waals surface area contributed by atoms with Crippen molar-refractivity contribution in [2.75, 3.05) is 12.3 Å². The molecule has 9 heavy (non-hydrogen) atoms. The van der Waals surface area contributed by atoms with Crippen LogP contribution in [0.4, 0.5) is 0 Å². The summed E-state index contributed by atoms with van der Waals surface area (Å²) in [5.41, 5.74) is 0. The molecule has 0 aromatic heterocycles. The molecule has 1 fully saturated rings. The Kier molecular flexibility index (Phi) is 2.01. The summed E-state index contributed by atoms with van der Waals surface area (Å²) >= 11 is 3.89. The van der Waals surface area contributed by atoms with Crippen molar-refractivity contribution in [3.63, 3.8) is 0 Å². The molecule has 0 radical (unpaired) electrons. The molecule has 2 nitrogen and oxygen atoms in total. The number of likely N-dealkylation sites (tertiary alicyclic amines) is 1. The molecule has 1 unspecified atom stereocenters. The summed E-state index contributed by atoms with van der Waals surface area (Å²) in [4.78, 5) is 12.7. The molecule has 1 saturated heterocycles. The number of carbonyl (C=O) groups excluding carboxylic acids is 1. The molecule has 1 heterocycles. The summed E-state index contributed by atoms with van der Waals surface area (Å²) in [6.45, 7) is 2.99. The van der Waals surface area contributed by atoms with E-state index in [0.29, 0.717) is 11.8 Å². The molecule has 0 spiro atoms. The van der Waals surface area contributed by atoms with Gasteiger partial charge in [0.1, 0.15) is 0 Å². The minimum Gasteiger partial charge on any atom is -0.339 e. The van der Waals surface area contributed by atoms with Crippen LogP contribution in [0.5, 0.6) is 0 Å². The van der Waals surface area contributed by atoms with Crippen molar-refractivity contribution >= 4 is 18.5 Å². The fourth-order valence-corrected chi connectivity index (χ4v) is 1.16. The number of nitrogens with zero attached hydrogens (tertiary/aromatic N) is 1. The number of hydrogen-bond acceptors (Lipinski definition) is 2. The predicted molar refractivity (Wildman–Crippen MR) is 39.6 cm³/mol. The second kappa shape index (κ2) is 2.60. The Bertz CT molecular complexity index is 126. The fraction of sp³-hybridized carbons (Fsp3) is 0.833. The Morgan fingerprint density at radius 3 is 2.67 bits per heavy atom. The van der Waals surface area contributed by atoms with Crippen molar-refractivity contribution in [2.24, 2.45) is 0 Å². The zero-order valence-corrected chi connectivity index (χ0v) is 6.40. The van der Waals surface area contributed by atoms with Gasteiger partial charge in [-0.3, -0.25) is 4.79 Å². The topological polar surface area (TPSA) is 20.3 Å². The van der Waals surface area contributed by atoms with Crippen molar-refractivity contribution in [1.29, 1.82) is 0 Å². The van der Waals surface area contributed by atoms with Gasteiger partial charge in [-0.1, -0.05) is 0 Å². The molecule has 3 heteroatoms. The standard InChI is InChI=1S/C6H11NOS/c1-5-2-3-7(5)6(8)4-9/h5,9H,2-4H2,1H3. The number of carbonyl (C=O) groups is 1. The van der Waals surface area contributed by atoms with E-state index in [1.54, 1.807) is 0 Å². The third kappa shape index (κ3) is 1.21. The highest BCUT2D eigenvalue weighted by molar-refractivity contribution is 7.81. The lowest BCUT2D eigenvalue weighted by Gasteiger charge is -2.38. The normalized spacial score (nSPS) is 25.6. The highest BCUT2D eigenvalue weighted by atomic mass is 32.1. The molecule has 1 aliphatic heterocycles. The Morgan fingerprint density at radius 2 is 2.56 bits per heavy atom.